The van der Waals surface area contributed by atoms with Crippen molar-refractivity contribution in [3.8, 4) is 11.5 Å². The number of aryl methyl sites for hydroxylation is 1. The number of primary sulfonamides is 1. The SMILES string of the molecule is COc1cccc(CCC(=O)NCc2ccc(S(N)(=O)=O)s2)c1OC. The quantitative estimate of drug-likeness (QED) is 0.720. The van der Waals surface area contributed by atoms with Crippen LogP contribution in [0.5, 0.6) is 11.5 Å². The van der Waals surface area contributed by atoms with E-state index in [1.54, 1.807) is 26.4 Å². The number of ether oxygens (including phenoxy) is 2. The van der Waals surface area contributed by atoms with Crippen LogP contribution < -0.4 is 19.9 Å². The van der Waals surface area contributed by atoms with Gasteiger partial charge >= 0.3 is 0 Å². The molecule has 3 N–H and O–H groups in total. The summed E-state index contributed by atoms with van der Waals surface area (Å²) in [5.74, 6) is 1.10. The molecule has 0 fully saturated rings. The molecule has 2 rings (SSSR count). The maximum atomic E-state index is 12.0. The Hall–Kier alpha value is -2.10. The fraction of sp³-hybridized carbons (Fsp3) is 0.312. The third kappa shape index (κ3) is 5.18. The summed E-state index contributed by atoms with van der Waals surface area (Å²) in [6, 6.07) is 8.59. The van der Waals surface area contributed by atoms with E-state index in [2.05, 4.69) is 5.32 Å². The Labute approximate surface area is 150 Å². The molecule has 0 saturated carbocycles. The molecule has 136 valence electrons. The van der Waals surface area contributed by atoms with Gasteiger partial charge in [0.15, 0.2) is 11.5 Å². The standard InChI is InChI=1S/C16H20N2O5S2/c1-22-13-5-3-4-11(16(13)23-2)6-8-14(19)18-10-12-7-9-15(24-12)25(17,20)21/h3-5,7,9H,6,8,10H2,1-2H3,(H,18,19)(H2,17,20,21). The molecule has 1 amide bonds. The molecule has 0 radical (unpaired) electrons. The lowest BCUT2D eigenvalue weighted by Gasteiger charge is -2.12. The third-order valence-corrected chi connectivity index (χ3v) is 6.01. The molecule has 2 aromatic rings. The van der Waals surface area contributed by atoms with Crippen LogP contribution in [0.3, 0.4) is 0 Å². The maximum absolute atomic E-state index is 12.0. The summed E-state index contributed by atoms with van der Waals surface area (Å²) in [4.78, 5) is 12.7. The maximum Gasteiger partial charge on any atom is 0.247 e. The van der Waals surface area contributed by atoms with Crippen molar-refractivity contribution >= 4 is 27.3 Å². The Morgan fingerprint density at radius 1 is 1.20 bits per heavy atom. The van der Waals surface area contributed by atoms with Crippen molar-refractivity contribution in [2.24, 2.45) is 5.14 Å². The molecule has 7 nitrogen and oxygen atoms in total. The van der Waals surface area contributed by atoms with E-state index in [0.717, 1.165) is 21.8 Å². The van der Waals surface area contributed by atoms with Crippen LogP contribution in [-0.4, -0.2) is 28.5 Å². The number of benzene rings is 1. The lowest BCUT2D eigenvalue weighted by molar-refractivity contribution is -0.121. The zero-order valence-corrected chi connectivity index (χ0v) is 15.6. The van der Waals surface area contributed by atoms with Gasteiger partial charge in [-0.1, -0.05) is 12.1 Å². The average Bonchev–Trinajstić information content (AvgIpc) is 3.07. The van der Waals surface area contributed by atoms with E-state index in [9.17, 15) is 13.2 Å². The van der Waals surface area contributed by atoms with Gasteiger partial charge in [0.2, 0.25) is 15.9 Å². The second-order valence-electron chi connectivity index (χ2n) is 5.20. The first-order chi connectivity index (χ1) is 11.8. The highest BCUT2D eigenvalue weighted by molar-refractivity contribution is 7.91. The van der Waals surface area contributed by atoms with Crippen molar-refractivity contribution < 1.29 is 22.7 Å². The Morgan fingerprint density at radius 3 is 2.56 bits per heavy atom. The van der Waals surface area contributed by atoms with Crippen LogP contribution in [0.2, 0.25) is 0 Å². The van der Waals surface area contributed by atoms with Crippen LogP contribution in [0, 0.1) is 0 Å². The van der Waals surface area contributed by atoms with Crippen molar-refractivity contribution in [3.63, 3.8) is 0 Å². The summed E-state index contributed by atoms with van der Waals surface area (Å²) < 4.78 is 33.1. The smallest absolute Gasteiger partial charge is 0.247 e. The summed E-state index contributed by atoms with van der Waals surface area (Å²) in [6.45, 7) is 0.258. The minimum atomic E-state index is -3.70. The van der Waals surface area contributed by atoms with Gasteiger partial charge in [0, 0.05) is 11.3 Å². The Morgan fingerprint density at radius 2 is 1.96 bits per heavy atom. The van der Waals surface area contributed by atoms with Crippen LogP contribution in [0.25, 0.3) is 0 Å². The molecule has 0 saturated heterocycles. The number of sulfonamides is 1. The van der Waals surface area contributed by atoms with Gasteiger partial charge in [-0.3, -0.25) is 4.79 Å². The summed E-state index contributed by atoms with van der Waals surface area (Å²) in [6.07, 6.45) is 0.774. The van der Waals surface area contributed by atoms with Crippen LogP contribution >= 0.6 is 11.3 Å². The van der Waals surface area contributed by atoms with Crippen molar-refractivity contribution in [2.75, 3.05) is 14.2 Å². The number of nitrogens with two attached hydrogens (primary N) is 1. The molecule has 0 bridgehead atoms. The number of para-hydroxylation sites is 1. The minimum Gasteiger partial charge on any atom is -0.493 e. The van der Waals surface area contributed by atoms with Crippen molar-refractivity contribution in [3.05, 3.63) is 40.8 Å². The van der Waals surface area contributed by atoms with Crippen molar-refractivity contribution in [1.82, 2.24) is 5.32 Å². The number of hydrogen-bond donors (Lipinski definition) is 2. The first-order valence-electron chi connectivity index (χ1n) is 7.43. The summed E-state index contributed by atoms with van der Waals surface area (Å²) in [7, 11) is -0.584. The Kier molecular flexibility index (Phi) is 6.40. The van der Waals surface area contributed by atoms with Gasteiger partial charge in [-0.15, -0.1) is 11.3 Å². The van der Waals surface area contributed by atoms with Gasteiger partial charge in [-0.05, 0) is 30.2 Å². The van der Waals surface area contributed by atoms with Crippen LogP contribution in [0.4, 0.5) is 0 Å². The lowest BCUT2D eigenvalue weighted by Crippen LogP contribution is -2.22. The molecule has 9 heteroatoms. The predicted octanol–water partition coefficient (Wildman–Crippen LogP) is 1.66. The second kappa shape index (κ2) is 8.32. The fourth-order valence-electron chi connectivity index (χ4n) is 2.28. The second-order valence-corrected chi connectivity index (χ2v) is 8.15. The van der Waals surface area contributed by atoms with Crippen molar-refractivity contribution in [1.29, 1.82) is 0 Å². The summed E-state index contributed by atoms with van der Waals surface area (Å²) in [5.41, 5.74) is 0.879. The number of methoxy groups -OCH3 is 2. The topological polar surface area (TPSA) is 108 Å². The molecule has 0 unspecified atom stereocenters. The van der Waals surface area contributed by atoms with Gasteiger partial charge < -0.3 is 14.8 Å². The number of nitrogens with one attached hydrogen (secondary N) is 1. The molecule has 0 aliphatic carbocycles. The van der Waals surface area contributed by atoms with Gasteiger partial charge in [-0.25, -0.2) is 13.6 Å². The van der Waals surface area contributed by atoms with Crippen LogP contribution in [0.1, 0.15) is 16.9 Å². The zero-order valence-electron chi connectivity index (χ0n) is 13.9. The molecule has 0 spiro atoms. The van der Waals surface area contributed by atoms with E-state index < -0.39 is 10.0 Å². The number of amides is 1. The van der Waals surface area contributed by atoms with Gasteiger partial charge in [0.1, 0.15) is 4.21 Å². The van der Waals surface area contributed by atoms with Gasteiger partial charge in [-0.2, -0.15) is 0 Å². The zero-order chi connectivity index (χ0) is 18.4. The van der Waals surface area contributed by atoms with E-state index in [4.69, 9.17) is 14.6 Å². The number of thiophene rings is 1. The summed E-state index contributed by atoms with van der Waals surface area (Å²) in [5, 5.41) is 7.83. The van der Waals surface area contributed by atoms with E-state index >= 15 is 0 Å². The highest BCUT2D eigenvalue weighted by Crippen LogP contribution is 2.31. The molecule has 1 aromatic heterocycles. The highest BCUT2D eigenvalue weighted by atomic mass is 32.2. The molecule has 0 aliphatic heterocycles. The van der Waals surface area contributed by atoms with E-state index in [1.807, 2.05) is 12.1 Å². The average molecular weight is 384 g/mol. The molecule has 1 aromatic carbocycles. The first-order valence-corrected chi connectivity index (χ1v) is 9.79. The lowest BCUT2D eigenvalue weighted by atomic mass is 10.1. The first kappa shape index (κ1) is 19.2. The minimum absolute atomic E-state index is 0.0814. The normalized spacial score (nSPS) is 11.2. The van der Waals surface area contributed by atoms with Crippen LogP contribution in [-0.2, 0) is 27.8 Å². The number of hydrogen-bond acceptors (Lipinski definition) is 6. The highest BCUT2D eigenvalue weighted by Gasteiger charge is 2.13. The number of carbonyl (C=O) groups is 1. The number of carbonyl (C=O) groups excluding carboxylic acids is 1. The predicted molar refractivity (Wildman–Crippen MR) is 95.4 cm³/mol. The molecule has 1 heterocycles. The van der Waals surface area contributed by atoms with E-state index in [0.29, 0.717) is 17.9 Å². The Bertz CT molecular complexity index is 846. The van der Waals surface area contributed by atoms with Gasteiger partial charge in [0.25, 0.3) is 0 Å². The largest absolute Gasteiger partial charge is 0.493 e. The van der Waals surface area contributed by atoms with E-state index in [1.165, 1.54) is 6.07 Å². The Balaban J connectivity index is 1.90. The molecular weight excluding hydrogens is 364 g/mol. The van der Waals surface area contributed by atoms with E-state index in [-0.39, 0.29) is 23.1 Å². The fourth-order valence-corrected chi connectivity index (χ4v) is 4.00. The molecule has 0 aliphatic rings. The van der Waals surface area contributed by atoms with Crippen molar-refractivity contribution in [2.45, 2.75) is 23.6 Å². The molecule has 25 heavy (non-hydrogen) atoms. The summed E-state index contributed by atoms with van der Waals surface area (Å²) >= 11 is 1.04. The molecule has 0 atom stereocenters. The molecular formula is C16H20N2O5S2. The monoisotopic (exact) mass is 384 g/mol. The third-order valence-electron chi connectivity index (χ3n) is 3.48. The number of rotatable bonds is 8. The van der Waals surface area contributed by atoms with Gasteiger partial charge in [0.05, 0.1) is 20.8 Å². The van der Waals surface area contributed by atoms with Crippen LogP contribution in [0.15, 0.2) is 34.5 Å².